The maximum Gasteiger partial charge on any atom is 0.307 e. The van der Waals surface area contributed by atoms with Crippen molar-refractivity contribution in [2.45, 2.75) is 19.3 Å². The first-order valence-electron chi connectivity index (χ1n) is 6.21. The number of carbonyl (C=O) groups excluding carboxylic acids is 1. The third kappa shape index (κ3) is 2.23. The minimum atomic E-state index is -0.885. The number of nitriles is 1. The monoisotopic (exact) mass is 248 g/mol. The zero-order valence-electron chi connectivity index (χ0n) is 10.0. The Morgan fingerprint density at radius 1 is 1.33 bits per heavy atom. The van der Waals surface area contributed by atoms with Crippen LogP contribution in [-0.4, -0.2) is 23.5 Å². The van der Waals surface area contributed by atoms with Gasteiger partial charge in [-0.15, -0.1) is 0 Å². The van der Waals surface area contributed by atoms with Gasteiger partial charge in [0.05, 0.1) is 17.9 Å². The molecule has 2 aliphatic rings. The van der Waals surface area contributed by atoms with Gasteiger partial charge in [0.1, 0.15) is 0 Å². The Morgan fingerprint density at radius 3 is 2.61 bits per heavy atom. The summed E-state index contributed by atoms with van der Waals surface area (Å²) < 4.78 is 0. The van der Waals surface area contributed by atoms with Crippen LogP contribution in [0.2, 0.25) is 0 Å². The maximum absolute atomic E-state index is 12.0. The first-order valence-corrected chi connectivity index (χ1v) is 6.21. The molecule has 1 fully saturated rings. The van der Waals surface area contributed by atoms with Crippen molar-refractivity contribution in [1.29, 1.82) is 5.26 Å². The van der Waals surface area contributed by atoms with E-state index in [1.165, 1.54) is 0 Å². The molecule has 0 heterocycles. The number of carbonyl (C=O) groups is 2. The lowest BCUT2D eigenvalue weighted by atomic mass is 9.82. The molecule has 2 N–H and O–H groups in total. The number of aliphatic carboxylic acids is 1. The van der Waals surface area contributed by atoms with E-state index in [9.17, 15) is 14.7 Å². The van der Waals surface area contributed by atoms with Gasteiger partial charge in [-0.1, -0.05) is 12.2 Å². The molecule has 2 aliphatic carbocycles. The van der Waals surface area contributed by atoms with E-state index in [4.69, 9.17) is 5.26 Å². The molecule has 0 radical (unpaired) electrons. The molecule has 5 heteroatoms. The molecule has 0 aromatic rings. The van der Waals surface area contributed by atoms with Crippen LogP contribution < -0.4 is 5.32 Å². The quantitative estimate of drug-likeness (QED) is 0.559. The van der Waals surface area contributed by atoms with Gasteiger partial charge in [0, 0.05) is 13.0 Å². The number of nitrogens with one attached hydrogen (secondary N) is 1. The highest BCUT2D eigenvalue weighted by Gasteiger charge is 2.51. The first-order chi connectivity index (χ1) is 8.65. The predicted molar refractivity (Wildman–Crippen MR) is 63.2 cm³/mol. The highest BCUT2D eigenvalue weighted by molar-refractivity contribution is 5.86. The fraction of sp³-hybridized carbons (Fsp3) is 0.615. The second-order valence-corrected chi connectivity index (χ2v) is 4.89. The maximum atomic E-state index is 12.0. The Kier molecular flexibility index (Phi) is 3.66. The van der Waals surface area contributed by atoms with Crippen LogP contribution in [0.3, 0.4) is 0 Å². The molecule has 0 aliphatic heterocycles. The lowest BCUT2D eigenvalue weighted by Crippen LogP contribution is -2.40. The van der Waals surface area contributed by atoms with Crippen LogP contribution in [0.5, 0.6) is 0 Å². The molecule has 4 unspecified atom stereocenters. The first kappa shape index (κ1) is 12.6. The number of carboxylic acid groups (broad SMARTS) is 1. The standard InChI is InChI=1S/C13H16N2O3/c14-5-1-2-6-15-12(16)10-8-3-4-9(7-8)11(10)13(17)18/h3-4,8-11H,1-2,6-7H2,(H,15,16)(H,17,18). The Balaban J connectivity index is 1.95. The second kappa shape index (κ2) is 5.21. The average molecular weight is 248 g/mol. The van der Waals surface area contributed by atoms with E-state index in [0.29, 0.717) is 19.4 Å². The van der Waals surface area contributed by atoms with E-state index in [2.05, 4.69) is 5.32 Å². The highest BCUT2D eigenvalue weighted by Crippen LogP contribution is 2.48. The minimum Gasteiger partial charge on any atom is -0.481 e. The molecule has 0 aromatic carbocycles. The van der Waals surface area contributed by atoms with Crippen molar-refractivity contribution >= 4 is 11.9 Å². The van der Waals surface area contributed by atoms with Gasteiger partial charge in [0.15, 0.2) is 0 Å². The van der Waals surface area contributed by atoms with Gasteiger partial charge in [-0.3, -0.25) is 9.59 Å². The van der Waals surface area contributed by atoms with Crippen LogP contribution in [0.4, 0.5) is 0 Å². The van der Waals surface area contributed by atoms with E-state index in [1.54, 1.807) is 0 Å². The fourth-order valence-electron chi connectivity index (χ4n) is 3.01. The van der Waals surface area contributed by atoms with Gasteiger partial charge >= 0.3 is 5.97 Å². The van der Waals surface area contributed by atoms with Crippen LogP contribution in [0.25, 0.3) is 0 Å². The van der Waals surface area contributed by atoms with E-state index in [0.717, 1.165) is 6.42 Å². The summed E-state index contributed by atoms with van der Waals surface area (Å²) >= 11 is 0. The smallest absolute Gasteiger partial charge is 0.307 e. The average Bonchev–Trinajstić information content (AvgIpc) is 2.94. The zero-order chi connectivity index (χ0) is 13.1. The van der Waals surface area contributed by atoms with Crippen LogP contribution in [0, 0.1) is 35.0 Å². The molecule has 5 nitrogen and oxygen atoms in total. The van der Waals surface area contributed by atoms with Crippen molar-refractivity contribution in [3.8, 4) is 6.07 Å². The van der Waals surface area contributed by atoms with E-state index in [1.807, 2.05) is 18.2 Å². The number of hydrogen-bond acceptors (Lipinski definition) is 3. The summed E-state index contributed by atoms with van der Waals surface area (Å²) in [6.07, 6.45) is 5.66. The van der Waals surface area contributed by atoms with E-state index < -0.39 is 17.8 Å². The van der Waals surface area contributed by atoms with Gasteiger partial charge in [-0.2, -0.15) is 5.26 Å². The van der Waals surface area contributed by atoms with Gasteiger partial charge in [-0.25, -0.2) is 0 Å². The third-order valence-electron chi connectivity index (χ3n) is 3.81. The second-order valence-electron chi connectivity index (χ2n) is 4.89. The number of allylic oxidation sites excluding steroid dienone is 2. The molecule has 1 saturated carbocycles. The van der Waals surface area contributed by atoms with Crippen molar-refractivity contribution in [2.24, 2.45) is 23.7 Å². The molecule has 18 heavy (non-hydrogen) atoms. The third-order valence-corrected chi connectivity index (χ3v) is 3.81. The summed E-state index contributed by atoms with van der Waals surface area (Å²) in [6.45, 7) is 0.441. The number of rotatable bonds is 5. The van der Waals surface area contributed by atoms with Crippen LogP contribution >= 0.6 is 0 Å². The summed E-state index contributed by atoms with van der Waals surface area (Å²) in [5.41, 5.74) is 0. The summed E-state index contributed by atoms with van der Waals surface area (Å²) in [4.78, 5) is 23.2. The Bertz CT molecular complexity index is 424. The molecule has 2 rings (SSSR count). The molecule has 1 amide bonds. The lowest BCUT2D eigenvalue weighted by Gasteiger charge is -2.23. The molecule has 0 aromatic heterocycles. The van der Waals surface area contributed by atoms with Crippen molar-refractivity contribution in [2.75, 3.05) is 6.54 Å². The number of unbranched alkanes of at least 4 members (excludes halogenated alkanes) is 1. The summed E-state index contributed by atoms with van der Waals surface area (Å²) in [5, 5.41) is 20.3. The number of carboxylic acids is 1. The molecule has 2 bridgehead atoms. The van der Waals surface area contributed by atoms with Crippen LogP contribution in [-0.2, 0) is 9.59 Å². The SMILES string of the molecule is N#CCCCNC(=O)C1C2C=CC(C2)C1C(=O)O. The van der Waals surface area contributed by atoms with Crippen molar-refractivity contribution in [3.05, 3.63) is 12.2 Å². The topological polar surface area (TPSA) is 90.2 Å². The van der Waals surface area contributed by atoms with E-state index in [-0.39, 0.29) is 17.7 Å². The van der Waals surface area contributed by atoms with Crippen molar-refractivity contribution in [3.63, 3.8) is 0 Å². The Hall–Kier alpha value is -1.83. The van der Waals surface area contributed by atoms with Crippen molar-refractivity contribution < 1.29 is 14.7 Å². The molecular weight excluding hydrogens is 232 g/mol. The lowest BCUT2D eigenvalue weighted by molar-refractivity contribution is -0.147. The normalized spacial score (nSPS) is 32.2. The largest absolute Gasteiger partial charge is 0.481 e. The van der Waals surface area contributed by atoms with Gasteiger partial charge in [0.25, 0.3) is 0 Å². The van der Waals surface area contributed by atoms with Crippen LogP contribution in [0.15, 0.2) is 12.2 Å². The van der Waals surface area contributed by atoms with Gasteiger partial charge in [-0.05, 0) is 24.7 Å². The predicted octanol–water partition coefficient (Wildman–Crippen LogP) is 0.929. The molecule has 4 atom stereocenters. The van der Waals surface area contributed by atoms with E-state index >= 15 is 0 Å². The highest BCUT2D eigenvalue weighted by atomic mass is 16.4. The molecule has 0 spiro atoms. The fourth-order valence-corrected chi connectivity index (χ4v) is 3.01. The minimum absolute atomic E-state index is 0.00218. The number of hydrogen-bond donors (Lipinski definition) is 2. The summed E-state index contributed by atoms with van der Waals surface area (Å²) in [7, 11) is 0. The van der Waals surface area contributed by atoms with Gasteiger partial charge < -0.3 is 10.4 Å². The molecule has 0 saturated heterocycles. The zero-order valence-corrected chi connectivity index (χ0v) is 10.0. The molecule has 96 valence electrons. The number of nitrogens with zero attached hydrogens (tertiary/aromatic N) is 1. The van der Waals surface area contributed by atoms with Crippen molar-refractivity contribution in [1.82, 2.24) is 5.32 Å². The summed E-state index contributed by atoms with van der Waals surface area (Å²) in [5.74, 6) is -2.04. The number of fused-ring (bicyclic) bond motifs is 2. The Labute approximate surface area is 105 Å². The number of amides is 1. The summed E-state index contributed by atoms with van der Waals surface area (Å²) in [6, 6.07) is 2.01. The van der Waals surface area contributed by atoms with Gasteiger partial charge in [0.2, 0.25) is 5.91 Å². The van der Waals surface area contributed by atoms with Crippen LogP contribution in [0.1, 0.15) is 19.3 Å². The Morgan fingerprint density at radius 2 is 2.00 bits per heavy atom. The molecular formula is C13H16N2O3.